The third-order valence-electron chi connectivity index (χ3n) is 3.43. The third-order valence-corrected chi connectivity index (χ3v) is 5.34. The molecule has 1 fully saturated rings. The SMILES string of the molecule is CN(C1CCC1)S(=O)(=O)c1cccc(C#CCN)c1. The number of hydrogen-bond acceptors (Lipinski definition) is 3. The van der Waals surface area contributed by atoms with Gasteiger partial charge in [-0.3, -0.25) is 0 Å². The van der Waals surface area contributed by atoms with Crippen molar-refractivity contribution in [3.8, 4) is 11.8 Å². The van der Waals surface area contributed by atoms with Gasteiger partial charge in [0.15, 0.2) is 0 Å². The summed E-state index contributed by atoms with van der Waals surface area (Å²) in [6.07, 6.45) is 3.00. The molecule has 2 rings (SSSR count). The molecule has 0 heterocycles. The van der Waals surface area contributed by atoms with Gasteiger partial charge in [0.2, 0.25) is 10.0 Å². The lowest BCUT2D eigenvalue weighted by molar-refractivity contribution is 0.249. The Morgan fingerprint density at radius 3 is 2.74 bits per heavy atom. The van der Waals surface area contributed by atoms with Crippen LogP contribution in [-0.4, -0.2) is 32.4 Å². The third kappa shape index (κ3) is 2.98. The molecule has 5 heteroatoms. The number of rotatable bonds is 3. The molecule has 0 spiro atoms. The molecule has 0 bridgehead atoms. The Labute approximate surface area is 114 Å². The zero-order valence-corrected chi connectivity index (χ0v) is 11.8. The molecular formula is C14H18N2O2S. The normalized spacial score (nSPS) is 15.7. The van der Waals surface area contributed by atoms with E-state index in [-0.39, 0.29) is 12.6 Å². The van der Waals surface area contributed by atoms with Crippen LogP contribution in [0, 0.1) is 11.8 Å². The zero-order valence-electron chi connectivity index (χ0n) is 11.0. The van der Waals surface area contributed by atoms with Crippen LogP contribution >= 0.6 is 0 Å². The zero-order chi connectivity index (χ0) is 13.9. The molecule has 102 valence electrons. The lowest BCUT2D eigenvalue weighted by Crippen LogP contribution is -2.41. The minimum Gasteiger partial charge on any atom is -0.320 e. The van der Waals surface area contributed by atoms with Crippen molar-refractivity contribution >= 4 is 10.0 Å². The van der Waals surface area contributed by atoms with Gasteiger partial charge in [0.05, 0.1) is 11.4 Å². The summed E-state index contributed by atoms with van der Waals surface area (Å²) in [5.41, 5.74) is 5.99. The molecule has 1 saturated carbocycles. The summed E-state index contributed by atoms with van der Waals surface area (Å²) >= 11 is 0. The molecule has 0 radical (unpaired) electrons. The second-order valence-corrected chi connectivity index (χ2v) is 6.64. The molecule has 0 unspecified atom stereocenters. The molecule has 0 atom stereocenters. The Hall–Kier alpha value is -1.35. The Kier molecular flexibility index (Phi) is 4.25. The van der Waals surface area contributed by atoms with Crippen molar-refractivity contribution in [1.82, 2.24) is 4.31 Å². The van der Waals surface area contributed by atoms with Crippen molar-refractivity contribution in [2.24, 2.45) is 5.73 Å². The van der Waals surface area contributed by atoms with Crippen molar-refractivity contribution in [2.75, 3.05) is 13.6 Å². The Morgan fingerprint density at radius 2 is 2.16 bits per heavy atom. The van der Waals surface area contributed by atoms with E-state index in [1.54, 1.807) is 31.3 Å². The molecule has 1 aromatic rings. The van der Waals surface area contributed by atoms with Crippen molar-refractivity contribution in [3.63, 3.8) is 0 Å². The van der Waals surface area contributed by atoms with Crippen LogP contribution in [0.1, 0.15) is 24.8 Å². The second kappa shape index (κ2) is 5.74. The van der Waals surface area contributed by atoms with E-state index in [4.69, 9.17) is 5.73 Å². The van der Waals surface area contributed by atoms with Crippen LogP contribution in [0.25, 0.3) is 0 Å². The van der Waals surface area contributed by atoms with Crippen LogP contribution in [0.15, 0.2) is 29.2 Å². The van der Waals surface area contributed by atoms with E-state index in [2.05, 4.69) is 11.8 Å². The maximum absolute atomic E-state index is 12.4. The maximum atomic E-state index is 12.4. The monoisotopic (exact) mass is 278 g/mol. The van der Waals surface area contributed by atoms with Gasteiger partial charge in [-0.25, -0.2) is 8.42 Å². The molecule has 19 heavy (non-hydrogen) atoms. The van der Waals surface area contributed by atoms with E-state index in [1.807, 2.05) is 0 Å². The van der Waals surface area contributed by atoms with Gasteiger partial charge in [-0.2, -0.15) is 4.31 Å². The van der Waals surface area contributed by atoms with E-state index in [9.17, 15) is 8.42 Å². The summed E-state index contributed by atoms with van der Waals surface area (Å²) in [7, 11) is -1.76. The number of sulfonamides is 1. The van der Waals surface area contributed by atoms with Gasteiger partial charge >= 0.3 is 0 Å². The maximum Gasteiger partial charge on any atom is 0.243 e. The minimum absolute atomic E-state index is 0.142. The fraction of sp³-hybridized carbons (Fsp3) is 0.429. The second-order valence-electron chi connectivity index (χ2n) is 4.64. The molecule has 2 N–H and O–H groups in total. The Balaban J connectivity index is 2.29. The van der Waals surface area contributed by atoms with Gasteiger partial charge in [-0.15, -0.1) is 0 Å². The van der Waals surface area contributed by atoms with Crippen molar-refractivity contribution in [2.45, 2.75) is 30.2 Å². The predicted molar refractivity (Wildman–Crippen MR) is 75.0 cm³/mol. The van der Waals surface area contributed by atoms with Crippen LogP contribution in [0.3, 0.4) is 0 Å². The first kappa shape index (κ1) is 14.1. The number of nitrogens with two attached hydrogens (primary N) is 1. The van der Waals surface area contributed by atoms with E-state index in [0.717, 1.165) is 19.3 Å². The lowest BCUT2D eigenvalue weighted by atomic mass is 9.94. The summed E-state index contributed by atoms with van der Waals surface area (Å²) in [4.78, 5) is 0.297. The first-order valence-corrected chi connectivity index (χ1v) is 7.77. The Bertz CT molecular complexity index is 610. The standard InChI is InChI=1S/C14H18N2O2S/c1-16(13-7-3-8-13)19(17,18)14-9-2-5-12(11-14)6-4-10-15/h2,5,9,11,13H,3,7-8,10,15H2,1H3. The summed E-state index contributed by atoms with van der Waals surface area (Å²) in [6, 6.07) is 6.85. The molecule has 1 aliphatic rings. The topological polar surface area (TPSA) is 63.4 Å². The first-order valence-electron chi connectivity index (χ1n) is 6.33. The van der Waals surface area contributed by atoms with Gasteiger partial charge in [0.1, 0.15) is 0 Å². The highest BCUT2D eigenvalue weighted by Crippen LogP contribution is 2.28. The number of benzene rings is 1. The van der Waals surface area contributed by atoms with Crippen LogP contribution in [0.4, 0.5) is 0 Å². The van der Waals surface area contributed by atoms with Gasteiger partial charge in [-0.05, 0) is 31.0 Å². The summed E-state index contributed by atoms with van der Waals surface area (Å²) in [5, 5.41) is 0. The van der Waals surface area contributed by atoms with Crippen molar-refractivity contribution < 1.29 is 8.42 Å². The largest absolute Gasteiger partial charge is 0.320 e. The van der Waals surface area contributed by atoms with Gasteiger partial charge in [0.25, 0.3) is 0 Å². The van der Waals surface area contributed by atoms with E-state index in [0.29, 0.717) is 10.5 Å². The summed E-state index contributed by atoms with van der Waals surface area (Å²) < 4.78 is 26.4. The fourth-order valence-electron chi connectivity index (χ4n) is 2.00. The van der Waals surface area contributed by atoms with Gasteiger partial charge in [0, 0.05) is 18.7 Å². The van der Waals surface area contributed by atoms with Crippen LogP contribution in [-0.2, 0) is 10.0 Å². The average molecular weight is 278 g/mol. The van der Waals surface area contributed by atoms with Crippen LogP contribution < -0.4 is 5.73 Å². The van der Waals surface area contributed by atoms with Crippen LogP contribution in [0.2, 0.25) is 0 Å². The molecule has 0 aromatic heterocycles. The highest BCUT2D eigenvalue weighted by Gasteiger charge is 2.31. The molecular weight excluding hydrogens is 260 g/mol. The van der Waals surface area contributed by atoms with Crippen molar-refractivity contribution in [3.05, 3.63) is 29.8 Å². The highest BCUT2D eigenvalue weighted by molar-refractivity contribution is 7.89. The van der Waals surface area contributed by atoms with Gasteiger partial charge < -0.3 is 5.73 Å². The smallest absolute Gasteiger partial charge is 0.243 e. The molecule has 1 aromatic carbocycles. The number of hydrogen-bond donors (Lipinski definition) is 1. The highest BCUT2D eigenvalue weighted by atomic mass is 32.2. The van der Waals surface area contributed by atoms with E-state index < -0.39 is 10.0 Å². The molecule has 1 aliphatic carbocycles. The van der Waals surface area contributed by atoms with E-state index >= 15 is 0 Å². The fourth-order valence-corrected chi connectivity index (χ4v) is 3.46. The van der Waals surface area contributed by atoms with Crippen molar-refractivity contribution in [1.29, 1.82) is 0 Å². The summed E-state index contributed by atoms with van der Waals surface area (Å²) in [5.74, 6) is 5.58. The van der Waals surface area contributed by atoms with Crippen LogP contribution in [0.5, 0.6) is 0 Å². The lowest BCUT2D eigenvalue weighted by Gasteiger charge is -2.33. The molecule has 0 aliphatic heterocycles. The van der Waals surface area contributed by atoms with E-state index in [1.165, 1.54) is 4.31 Å². The Morgan fingerprint density at radius 1 is 1.42 bits per heavy atom. The number of nitrogens with zero attached hydrogens (tertiary/aromatic N) is 1. The summed E-state index contributed by atoms with van der Waals surface area (Å²) in [6.45, 7) is 0.263. The predicted octanol–water partition coefficient (Wildman–Crippen LogP) is 1.17. The molecule has 4 nitrogen and oxygen atoms in total. The molecule has 0 saturated heterocycles. The van der Waals surface area contributed by atoms with Gasteiger partial charge in [-0.1, -0.05) is 24.3 Å². The molecule has 0 amide bonds. The quantitative estimate of drug-likeness (QED) is 0.844. The minimum atomic E-state index is -3.41. The average Bonchev–Trinajstić information content (AvgIpc) is 2.34. The first-order chi connectivity index (χ1) is 9.05.